The van der Waals surface area contributed by atoms with E-state index in [1.165, 1.54) is 0 Å². The molecule has 22 heteroatoms. The molecular weight excluding hydrogens is 561 g/mol. The Morgan fingerprint density at radius 1 is 0.722 bits per heavy atom. The molecule has 0 radical (unpaired) electrons. The van der Waals surface area contributed by atoms with Crippen molar-refractivity contribution in [3.05, 3.63) is 37.9 Å². The number of hydrogen-bond donors (Lipinski definition) is 0. The number of nitrogens with zero attached hydrogens (tertiary/aromatic N) is 2. The second kappa shape index (κ2) is 9.01. The molecule has 7 nitrogen and oxygen atoms in total. The Bertz CT molecular complexity index is 989. The minimum atomic E-state index is -8.00. The highest BCUT2D eigenvalue weighted by atomic mass is 19.4. The molecule has 0 atom stereocenters. The van der Waals surface area contributed by atoms with Gasteiger partial charge >= 0.3 is 53.6 Å². The summed E-state index contributed by atoms with van der Waals surface area (Å²) >= 11 is 0. The van der Waals surface area contributed by atoms with Crippen LogP contribution >= 0.6 is 0 Å². The summed E-state index contributed by atoms with van der Waals surface area (Å²) in [5.74, 6) is -40.0. The zero-order valence-corrected chi connectivity index (χ0v) is 16.0. The summed E-state index contributed by atoms with van der Waals surface area (Å²) in [4.78, 5) is 17.8. The molecule has 1 rings (SSSR count). The first-order chi connectivity index (χ1) is 15.8. The number of nitro groups is 2. The molecule has 1 aromatic rings. The molecule has 0 saturated heterocycles. The summed E-state index contributed by atoms with van der Waals surface area (Å²) in [5, 5.41) is 21.8. The summed E-state index contributed by atoms with van der Waals surface area (Å²) in [7, 11) is 0. The maximum absolute atomic E-state index is 13.8. The number of rotatable bonds is 10. The van der Waals surface area contributed by atoms with Crippen molar-refractivity contribution >= 4 is 11.4 Å². The van der Waals surface area contributed by atoms with E-state index >= 15 is 0 Å². The van der Waals surface area contributed by atoms with Gasteiger partial charge in [0.2, 0.25) is 0 Å². The fourth-order valence-corrected chi connectivity index (χ4v) is 2.21. The van der Waals surface area contributed by atoms with Crippen LogP contribution in [0.1, 0.15) is 5.56 Å². The first-order valence-electron chi connectivity index (χ1n) is 8.11. The fourth-order valence-electron chi connectivity index (χ4n) is 2.21. The number of nitro benzene ring substituents is 2. The normalized spacial score (nSPS) is 14.2. The first kappa shape index (κ1) is 30.8. The Balaban J connectivity index is 3.60. The van der Waals surface area contributed by atoms with Crippen LogP contribution < -0.4 is 4.74 Å². The molecule has 0 aliphatic carbocycles. The van der Waals surface area contributed by atoms with Gasteiger partial charge in [-0.05, 0) is 0 Å². The van der Waals surface area contributed by atoms with Crippen molar-refractivity contribution in [2.75, 3.05) is 6.61 Å². The molecule has 0 N–H and O–H groups in total. The molecule has 0 heterocycles. The predicted molar refractivity (Wildman–Crippen MR) is 81.0 cm³/mol. The van der Waals surface area contributed by atoms with Crippen LogP contribution in [0.4, 0.5) is 77.2 Å². The fraction of sp³-hybridized carbons (Fsp3) is 0.571. The van der Waals surface area contributed by atoms with Gasteiger partial charge in [0.05, 0.1) is 15.4 Å². The Labute approximate surface area is 185 Å². The van der Waals surface area contributed by atoms with E-state index in [2.05, 4.69) is 4.74 Å². The lowest BCUT2D eigenvalue weighted by atomic mass is 9.94. The van der Waals surface area contributed by atoms with E-state index < -0.39 is 93.5 Å². The highest BCUT2D eigenvalue weighted by Crippen LogP contribution is 2.58. The molecule has 206 valence electrons. The van der Waals surface area contributed by atoms with Gasteiger partial charge in [-0.1, -0.05) is 0 Å². The van der Waals surface area contributed by atoms with Gasteiger partial charge in [-0.2, -0.15) is 57.1 Å². The van der Waals surface area contributed by atoms with Crippen molar-refractivity contribution in [1.82, 2.24) is 0 Å². The third-order valence-corrected chi connectivity index (χ3v) is 4.11. The van der Waals surface area contributed by atoms with Gasteiger partial charge < -0.3 is 4.74 Å². The average molecular weight is 566 g/mol. The standard InChI is InChI=1S/C14H5F15N2O5/c15-8(16)10(19,20)13(26,27)14(28,29)12(24,25)9(17,18)3-36-7-5(30(32)33)1-4(11(21,22)23)2-6(7)31(34)35/h1-2,8H,3H2. The minimum Gasteiger partial charge on any atom is -0.475 e. The quantitative estimate of drug-likeness (QED) is 0.187. The predicted octanol–water partition coefficient (Wildman–Crippen LogP) is 6.34. The van der Waals surface area contributed by atoms with Crippen LogP contribution in [0.5, 0.6) is 5.75 Å². The van der Waals surface area contributed by atoms with Gasteiger partial charge in [0.1, 0.15) is 0 Å². The zero-order chi connectivity index (χ0) is 28.9. The van der Waals surface area contributed by atoms with Gasteiger partial charge in [0, 0.05) is 12.1 Å². The Morgan fingerprint density at radius 3 is 1.42 bits per heavy atom. The first-order valence-corrected chi connectivity index (χ1v) is 8.11. The van der Waals surface area contributed by atoms with Crippen molar-refractivity contribution in [3.8, 4) is 5.75 Å². The van der Waals surface area contributed by atoms with Crippen molar-refractivity contribution < 1.29 is 80.4 Å². The van der Waals surface area contributed by atoms with Gasteiger partial charge in [-0.3, -0.25) is 20.2 Å². The van der Waals surface area contributed by atoms with Crippen LogP contribution in [0.25, 0.3) is 0 Å². The van der Waals surface area contributed by atoms with Crippen LogP contribution in [-0.2, 0) is 6.18 Å². The Morgan fingerprint density at radius 2 is 1.11 bits per heavy atom. The van der Waals surface area contributed by atoms with Gasteiger partial charge in [-0.25, -0.2) is 8.78 Å². The summed E-state index contributed by atoms with van der Waals surface area (Å²) in [6.07, 6.45) is -11.4. The molecule has 0 fully saturated rings. The second-order valence-electron chi connectivity index (χ2n) is 6.50. The molecule has 0 amide bonds. The van der Waals surface area contributed by atoms with Crippen molar-refractivity contribution in [3.63, 3.8) is 0 Å². The molecule has 0 aromatic heterocycles. The van der Waals surface area contributed by atoms with E-state index in [4.69, 9.17) is 0 Å². The molecule has 0 unspecified atom stereocenters. The van der Waals surface area contributed by atoms with E-state index in [9.17, 15) is 86.1 Å². The van der Waals surface area contributed by atoms with Crippen LogP contribution in [0.2, 0.25) is 0 Å². The van der Waals surface area contributed by atoms with Crippen molar-refractivity contribution in [1.29, 1.82) is 0 Å². The number of ether oxygens (including phenoxy) is 1. The molecule has 0 bridgehead atoms. The lowest BCUT2D eigenvalue weighted by Crippen LogP contribution is -2.69. The highest BCUT2D eigenvalue weighted by molar-refractivity contribution is 5.62. The highest BCUT2D eigenvalue weighted by Gasteiger charge is 2.87. The molecule has 0 aliphatic rings. The summed E-state index contributed by atoms with van der Waals surface area (Å²) in [6, 6.07) is -1.21. The molecule has 36 heavy (non-hydrogen) atoms. The second-order valence-corrected chi connectivity index (χ2v) is 6.50. The SMILES string of the molecule is O=[N+]([O-])c1cc(C(F)(F)F)cc([N+](=O)[O-])c1OCC(F)(F)C(F)(F)C(F)(F)C(F)(F)C(F)(F)C(F)F. The zero-order valence-electron chi connectivity index (χ0n) is 16.0. The van der Waals surface area contributed by atoms with E-state index in [0.29, 0.717) is 0 Å². The number of halogens is 15. The van der Waals surface area contributed by atoms with Gasteiger partial charge in [-0.15, -0.1) is 0 Å². The summed E-state index contributed by atoms with van der Waals surface area (Å²) in [6.45, 7) is -3.51. The third kappa shape index (κ3) is 4.88. The Kier molecular flexibility index (Phi) is 7.71. The van der Waals surface area contributed by atoms with Crippen molar-refractivity contribution in [2.24, 2.45) is 0 Å². The van der Waals surface area contributed by atoms with Crippen LogP contribution in [0.3, 0.4) is 0 Å². The molecule has 0 aliphatic heterocycles. The summed E-state index contributed by atoms with van der Waals surface area (Å²) in [5.41, 5.74) is -6.64. The van der Waals surface area contributed by atoms with Gasteiger partial charge in [0.25, 0.3) is 5.75 Å². The lowest BCUT2D eigenvalue weighted by molar-refractivity contribution is -0.415. The molecular formula is C14H5F15N2O5. The maximum Gasteiger partial charge on any atom is 0.416 e. The largest absolute Gasteiger partial charge is 0.475 e. The smallest absolute Gasteiger partial charge is 0.416 e. The van der Waals surface area contributed by atoms with Gasteiger partial charge in [0.15, 0.2) is 6.61 Å². The maximum atomic E-state index is 13.8. The van der Waals surface area contributed by atoms with E-state index in [1.807, 2.05) is 0 Å². The average Bonchev–Trinajstić information content (AvgIpc) is 2.69. The van der Waals surface area contributed by atoms with Crippen LogP contribution in [-0.4, -0.2) is 52.5 Å². The minimum absolute atomic E-state index is 0.607. The molecule has 1 aromatic carbocycles. The molecule has 0 saturated carbocycles. The molecule has 0 spiro atoms. The third-order valence-electron chi connectivity index (χ3n) is 4.11. The Hall–Kier alpha value is -3.23. The lowest BCUT2D eigenvalue weighted by Gasteiger charge is -2.38. The summed E-state index contributed by atoms with van der Waals surface area (Å²) < 4.78 is 200. The number of benzene rings is 1. The topological polar surface area (TPSA) is 95.5 Å². The number of hydrogen-bond acceptors (Lipinski definition) is 5. The van der Waals surface area contributed by atoms with Crippen molar-refractivity contribution in [2.45, 2.75) is 42.2 Å². The van der Waals surface area contributed by atoms with Crippen LogP contribution in [0, 0.1) is 20.2 Å². The van der Waals surface area contributed by atoms with E-state index in [0.717, 1.165) is 0 Å². The number of alkyl halides is 15. The van der Waals surface area contributed by atoms with Crippen LogP contribution in [0.15, 0.2) is 12.1 Å². The van der Waals surface area contributed by atoms with E-state index in [1.54, 1.807) is 0 Å². The monoisotopic (exact) mass is 566 g/mol. The van der Waals surface area contributed by atoms with E-state index in [-0.39, 0.29) is 0 Å².